The van der Waals surface area contributed by atoms with E-state index in [0.29, 0.717) is 5.92 Å². The van der Waals surface area contributed by atoms with Crippen molar-refractivity contribution in [1.29, 1.82) is 0 Å². The molecule has 0 aromatic heterocycles. The van der Waals surface area contributed by atoms with Gasteiger partial charge in [0.2, 0.25) is 0 Å². The average Bonchev–Trinajstić information content (AvgIpc) is 2.90. The van der Waals surface area contributed by atoms with Crippen molar-refractivity contribution in [3.8, 4) is 0 Å². The Morgan fingerprint density at radius 3 is 2.74 bits per heavy atom. The summed E-state index contributed by atoms with van der Waals surface area (Å²) in [6, 6.07) is 7.10. The Bertz CT molecular complexity index is 351. The van der Waals surface area contributed by atoms with Crippen molar-refractivity contribution in [2.45, 2.75) is 52.4 Å². The lowest BCUT2D eigenvalue weighted by Crippen LogP contribution is -2.21. The second-order valence-electron chi connectivity index (χ2n) is 5.05. The van der Waals surface area contributed by atoms with Crippen LogP contribution in [-0.2, 0) is 0 Å². The van der Waals surface area contributed by atoms with Crippen molar-refractivity contribution in [2.24, 2.45) is 0 Å². The summed E-state index contributed by atoms with van der Waals surface area (Å²) in [7, 11) is 0. The Kier molecular flexibility index (Phi) is 7.73. The third-order valence-corrected chi connectivity index (χ3v) is 3.67. The molecule has 1 aromatic rings. The molecule has 1 aliphatic heterocycles. The SMILES string of the molecule is CC.CCCCCN1CCC(c2cccc(F)c2)C1. The molecule has 1 nitrogen and oxygen atoms in total. The van der Waals surface area contributed by atoms with Gasteiger partial charge in [-0.3, -0.25) is 0 Å². The van der Waals surface area contributed by atoms with Crippen LogP contribution in [0.2, 0.25) is 0 Å². The van der Waals surface area contributed by atoms with Crippen molar-refractivity contribution >= 4 is 0 Å². The highest BCUT2D eigenvalue weighted by atomic mass is 19.1. The number of likely N-dealkylation sites (tertiary alicyclic amines) is 1. The maximum atomic E-state index is 13.2. The molecule has 108 valence electrons. The molecule has 1 heterocycles. The van der Waals surface area contributed by atoms with Crippen LogP contribution in [0.25, 0.3) is 0 Å². The normalized spacial score (nSPS) is 19.1. The smallest absolute Gasteiger partial charge is 0.123 e. The number of unbranched alkanes of at least 4 members (excludes halogenated alkanes) is 2. The monoisotopic (exact) mass is 265 g/mol. The van der Waals surface area contributed by atoms with Gasteiger partial charge in [-0.15, -0.1) is 0 Å². The molecule has 1 atom stereocenters. The summed E-state index contributed by atoms with van der Waals surface area (Å²) in [5, 5.41) is 0. The third-order valence-electron chi connectivity index (χ3n) is 3.67. The maximum absolute atomic E-state index is 13.2. The molecule has 0 amide bonds. The van der Waals surface area contributed by atoms with Gasteiger partial charge in [-0.25, -0.2) is 4.39 Å². The quantitative estimate of drug-likeness (QED) is 0.689. The maximum Gasteiger partial charge on any atom is 0.123 e. The highest BCUT2D eigenvalue weighted by Crippen LogP contribution is 2.27. The molecule has 0 bridgehead atoms. The topological polar surface area (TPSA) is 3.24 Å². The second kappa shape index (κ2) is 9.08. The van der Waals surface area contributed by atoms with Crippen LogP contribution in [0.4, 0.5) is 4.39 Å². The largest absolute Gasteiger partial charge is 0.303 e. The summed E-state index contributed by atoms with van der Waals surface area (Å²) in [4.78, 5) is 2.52. The standard InChI is InChI=1S/C15H22FN.C2H6/c1-2-3-4-9-17-10-8-14(12-17)13-6-5-7-15(16)11-13;1-2/h5-7,11,14H,2-4,8-10,12H2,1H3;1-2H3. The fraction of sp³-hybridized carbons (Fsp3) is 0.647. The summed E-state index contributed by atoms with van der Waals surface area (Å²) in [6.07, 6.45) is 5.07. The van der Waals surface area contributed by atoms with Crippen LogP contribution in [0.3, 0.4) is 0 Å². The van der Waals surface area contributed by atoms with Gasteiger partial charge in [0, 0.05) is 6.54 Å². The Balaban J connectivity index is 0.000000861. The molecular weight excluding hydrogens is 237 g/mol. The van der Waals surface area contributed by atoms with Crippen molar-refractivity contribution in [1.82, 2.24) is 4.90 Å². The summed E-state index contributed by atoms with van der Waals surface area (Å²) in [5.41, 5.74) is 1.17. The summed E-state index contributed by atoms with van der Waals surface area (Å²) in [5.74, 6) is 0.430. The number of hydrogen-bond donors (Lipinski definition) is 0. The van der Waals surface area contributed by atoms with Crippen LogP contribution in [0.1, 0.15) is 57.9 Å². The molecule has 0 spiro atoms. The van der Waals surface area contributed by atoms with E-state index >= 15 is 0 Å². The van der Waals surface area contributed by atoms with E-state index in [2.05, 4.69) is 17.9 Å². The fourth-order valence-electron chi connectivity index (χ4n) is 2.65. The molecule has 0 N–H and O–H groups in total. The molecule has 1 fully saturated rings. The number of hydrogen-bond acceptors (Lipinski definition) is 1. The molecule has 2 rings (SSSR count). The Hall–Kier alpha value is -0.890. The lowest BCUT2D eigenvalue weighted by atomic mass is 9.98. The van der Waals surface area contributed by atoms with E-state index in [0.717, 1.165) is 6.54 Å². The minimum Gasteiger partial charge on any atom is -0.303 e. The van der Waals surface area contributed by atoms with Gasteiger partial charge in [0.15, 0.2) is 0 Å². The molecule has 0 aliphatic carbocycles. The van der Waals surface area contributed by atoms with Crippen molar-refractivity contribution in [3.05, 3.63) is 35.6 Å². The summed E-state index contributed by atoms with van der Waals surface area (Å²) < 4.78 is 13.2. The molecule has 19 heavy (non-hydrogen) atoms. The summed E-state index contributed by atoms with van der Waals surface area (Å²) >= 11 is 0. The highest BCUT2D eigenvalue weighted by Gasteiger charge is 2.23. The molecule has 1 saturated heterocycles. The van der Waals surface area contributed by atoms with Crippen LogP contribution in [-0.4, -0.2) is 24.5 Å². The number of rotatable bonds is 5. The zero-order valence-electron chi connectivity index (χ0n) is 12.7. The average molecular weight is 265 g/mol. The van der Waals surface area contributed by atoms with E-state index in [9.17, 15) is 4.39 Å². The summed E-state index contributed by atoms with van der Waals surface area (Å²) in [6.45, 7) is 9.72. The van der Waals surface area contributed by atoms with E-state index in [-0.39, 0.29) is 5.82 Å². The molecule has 0 saturated carbocycles. The van der Waals surface area contributed by atoms with Crippen LogP contribution < -0.4 is 0 Å². The zero-order valence-corrected chi connectivity index (χ0v) is 12.7. The lowest BCUT2D eigenvalue weighted by molar-refractivity contribution is 0.325. The van der Waals surface area contributed by atoms with Crippen LogP contribution in [0.5, 0.6) is 0 Å². The van der Waals surface area contributed by atoms with E-state index in [1.165, 1.54) is 50.4 Å². The zero-order chi connectivity index (χ0) is 14.1. The molecule has 1 aromatic carbocycles. The van der Waals surface area contributed by atoms with Crippen molar-refractivity contribution in [3.63, 3.8) is 0 Å². The molecule has 1 unspecified atom stereocenters. The minimum atomic E-state index is -0.105. The first-order valence-electron chi connectivity index (χ1n) is 7.77. The van der Waals surface area contributed by atoms with Crippen LogP contribution in [0.15, 0.2) is 24.3 Å². The van der Waals surface area contributed by atoms with Gasteiger partial charge in [-0.05, 0) is 49.5 Å². The predicted octanol–water partition coefficient (Wildman–Crippen LogP) is 4.83. The first kappa shape index (κ1) is 16.2. The van der Waals surface area contributed by atoms with Crippen LogP contribution in [0, 0.1) is 5.82 Å². The van der Waals surface area contributed by atoms with Crippen molar-refractivity contribution in [2.75, 3.05) is 19.6 Å². The number of halogens is 1. The Morgan fingerprint density at radius 2 is 2.05 bits per heavy atom. The first-order chi connectivity index (χ1) is 9.29. The van der Waals surface area contributed by atoms with Gasteiger partial charge < -0.3 is 4.90 Å². The highest BCUT2D eigenvalue weighted by molar-refractivity contribution is 5.22. The van der Waals surface area contributed by atoms with Gasteiger partial charge in [0.05, 0.1) is 0 Å². The first-order valence-corrected chi connectivity index (χ1v) is 7.77. The number of nitrogens with zero attached hydrogens (tertiary/aromatic N) is 1. The van der Waals surface area contributed by atoms with Gasteiger partial charge in [0.1, 0.15) is 5.82 Å². The van der Waals surface area contributed by atoms with E-state index in [4.69, 9.17) is 0 Å². The van der Waals surface area contributed by atoms with Gasteiger partial charge >= 0.3 is 0 Å². The molecular formula is C17H28FN. The Morgan fingerprint density at radius 1 is 1.26 bits per heavy atom. The molecule has 1 aliphatic rings. The van der Waals surface area contributed by atoms with Gasteiger partial charge in [-0.2, -0.15) is 0 Å². The third kappa shape index (κ3) is 5.32. The number of benzene rings is 1. The van der Waals surface area contributed by atoms with Gasteiger partial charge in [0.25, 0.3) is 0 Å². The molecule has 2 heteroatoms. The molecule has 0 radical (unpaired) electrons. The van der Waals surface area contributed by atoms with E-state index < -0.39 is 0 Å². The van der Waals surface area contributed by atoms with E-state index in [1.807, 2.05) is 19.9 Å². The van der Waals surface area contributed by atoms with Crippen molar-refractivity contribution < 1.29 is 4.39 Å². The Labute approximate surface area is 117 Å². The fourth-order valence-corrected chi connectivity index (χ4v) is 2.65. The minimum absolute atomic E-state index is 0.105. The lowest BCUT2D eigenvalue weighted by Gasteiger charge is -2.15. The van der Waals surface area contributed by atoms with E-state index in [1.54, 1.807) is 6.07 Å². The van der Waals surface area contributed by atoms with Gasteiger partial charge in [-0.1, -0.05) is 45.7 Å². The predicted molar refractivity (Wildman–Crippen MR) is 81.1 cm³/mol. The van der Waals surface area contributed by atoms with Crippen LogP contribution >= 0.6 is 0 Å². The second-order valence-corrected chi connectivity index (χ2v) is 5.05.